The fourth-order valence-corrected chi connectivity index (χ4v) is 2.52. The van der Waals surface area contributed by atoms with Crippen molar-refractivity contribution in [2.24, 2.45) is 0 Å². The smallest absolute Gasteiger partial charge is 0.410 e. The molecule has 142 valence electrons. The van der Waals surface area contributed by atoms with Crippen LogP contribution in [0.2, 0.25) is 0 Å². The molecule has 0 aliphatic carbocycles. The van der Waals surface area contributed by atoms with Crippen LogP contribution in [-0.2, 0) is 4.74 Å². The number of urea groups is 1. The van der Waals surface area contributed by atoms with Gasteiger partial charge in [0, 0.05) is 37.9 Å². The average Bonchev–Trinajstić information content (AvgIpc) is 2.60. The number of piperazine rings is 1. The van der Waals surface area contributed by atoms with Gasteiger partial charge in [0.25, 0.3) is 0 Å². The number of carbonyl (C=O) groups excluding carboxylic acids is 2. The second-order valence-corrected chi connectivity index (χ2v) is 6.98. The van der Waals surface area contributed by atoms with Crippen LogP contribution in [0.25, 0.3) is 6.08 Å². The third kappa shape index (κ3) is 5.68. The lowest BCUT2D eigenvalue weighted by molar-refractivity contribution is 0.0171. The summed E-state index contributed by atoms with van der Waals surface area (Å²) in [6, 6.07) is 7.36. The summed E-state index contributed by atoms with van der Waals surface area (Å²) in [6.07, 6.45) is 3.04. The number of rotatable bonds is 3. The number of nitrogens with one attached hydrogen (secondary N) is 1. The number of hydrogen-bond donors (Lipinski definition) is 1. The summed E-state index contributed by atoms with van der Waals surface area (Å²) in [6.45, 7) is 7.35. The van der Waals surface area contributed by atoms with Gasteiger partial charge < -0.3 is 24.6 Å². The van der Waals surface area contributed by atoms with Crippen LogP contribution in [0.3, 0.4) is 0 Å². The maximum atomic E-state index is 12.2. The Morgan fingerprint density at radius 1 is 1.08 bits per heavy atom. The van der Waals surface area contributed by atoms with Crippen LogP contribution in [0.15, 0.2) is 30.5 Å². The number of methoxy groups -OCH3 is 1. The number of ether oxygens (including phenoxy) is 2. The molecule has 1 fully saturated rings. The first kappa shape index (κ1) is 19.6. The van der Waals surface area contributed by atoms with Crippen LogP contribution in [0.1, 0.15) is 26.3 Å². The minimum Gasteiger partial charge on any atom is -0.496 e. The molecule has 2 rings (SSSR count). The summed E-state index contributed by atoms with van der Waals surface area (Å²) in [7, 11) is 1.61. The van der Waals surface area contributed by atoms with E-state index in [9.17, 15) is 9.59 Å². The highest BCUT2D eigenvalue weighted by Crippen LogP contribution is 2.18. The molecule has 0 aromatic heterocycles. The molecule has 26 heavy (non-hydrogen) atoms. The highest BCUT2D eigenvalue weighted by molar-refractivity contribution is 5.77. The Balaban J connectivity index is 1.81. The largest absolute Gasteiger partial charge is 0.496 e. The highest BCUT2D eigenvalue weighted by atomic mass is 16.6. The molecule has 0 bridgehead atoms. The van der Waals surface area contributed by atoms with Crippen molar-refractivity contribution in [3.63, 3.8) is 0 Å². The summed E-state index contributed by atoms with van der Waals surface area (Å²) in [5.41, 5.74) is 0.361. The Kier molecular flexibility index (Phi) is 6.49. The van der Waals surface area contributed by atoms with E-state index in [1.165, 1.54) is 0 Å². The molecule has 1 aliphatic rings. The Morgan fingerprint density at radius 3 is 2.31 bits per heavy atom. The van der Waals surface area contributed by atoms with Gasteiger partial charge in [-0.15, -0.1) is 0 Å². The minimum atomic E-state index is -0.519. The van der Waals surface area contributed by atoms with Crippen LogP contribution in [0.5, 0.6) is 5.75 Å². The predicted molar refractivity (Wildman–Crippen MR) is 99.9 cm³/mol. The van der Waals surface area contributed by atoms with Crippen molar-refractivity contribution in [3.05, 3.63) is 36.0 Å². The van der Waals surface area contributed by atoms with Gasteiger partial charge in [0.1, 0.15) is 11.4 Å². The van der Waals surface area contributed by atoms with E-state index in [1.807, 2.05) is 45.0 Å². The van der Waals surface area contributed by atoms with Crippen molar-refractivity contribution in [1.29, 1.82) is 0 Å². The van der Waals surface area contributed by atoms with Crippen LogP contribution in [0, 0.1) is 0 Å². The standard InChI is InChI=1S/C19H27N3O4/c1-19(2,3)26-18(24)22-13-11-21(12-14-22)17(23)20-10-9-15-7-5-6-8-16(15)25-4/h5-10H,11-14H2,1-4H3,(H,20,23)/b10-9+. The molecule has 0 unspecified atom stereocenters. The molecule has 1 aliphatic heterocycles. The molecule has 0 radical (unpaired) electrons. The number of nitrogens with zero attached hydrogens (tertiary/aromatic N) is 2. The van der Waals surface area contributed by atoms with E-state index < -0.39 is 5.60 Å². The molecule has 1 aromatic rings. The number of benzene rings is 1. The van der Waals surface area contributed by atoms with Crippen LogP contribution >= 0.6 is 0 Å². The molecule has 1 heterocycles. The molecule has 0 saturated carbocycles. The third-order valence-electron chi connectivity index (χ3n) is 3.83. The first-order valence-corrected chi connectivity index (χ1v) is 8.63. The van der Waals surface area contributed by atoms with Crippen LogP contribution in [0.4, 0.5) is 9.59 Å². The topological polar surface area (TPSA) is 71.1 Å². The second kappa shape index (κ2) is 8.60. The summed E-state index contributed by atoms with van der Waals surface area (Å²) < 4.78 is 10.6. The monoisotopic (exact) mass is 361 g/mol. The highest BCUT2D eigenvalue weighted by Gasteiger charge is 2.27. The van der Waals surface area contributed by atoms with Gasteiger partial charge in [0.15, 0.2) is 0 Å². The van der Waals surface area contributed by atoms with Gasteiger partial charge >= 0.3 is 12.1 Å². The van der Waals surface area contributed by atoms with E-state index in [1.54, 1.807) is 29.2 Å². The molecule has 1 aromatic carbocycles. The van der Waals surface area contributed by atoms with Crippen molar-refractivity contribution in [1.82, 2.24) is 15.1 Å². The van der Waals surface area contributed by atoms with Gasteiger partial charge in [0.2, 0.25) is 0 Å². The van der Waals surface area contributed by atoms with Gasteiger partial charge in [0.05, 0.1) is 7.11 Å². The van der Waals surface area contributed by atoms with Crippen molar-refractivity contribution < 1.29 is 19.1 Å². The van der Waals surface area contributed by atoms with E-state index in [2.05, 4.69) is 5.32 Å². The predicted octanol–water partition coefficient (Wildman–Crippen LogP) is 2.93. The van der Waals surface area contributed by atoms with E-state index >= 15 is 0 Å². The number of carbonyl (C=O) groups is 2. The van der Waals surface area contributed by atoms with Crippen molar-refractivity contribution in [3.8, 4) is 5.75 Å². The Bertz CT molecular complexity index is 659. The summed E-state index contributed by atoms with van der Waals surface area (Å²) in [5, 5.41) is 2.75. The van der Waals surface area contributed by atoms with Crippen LogP contribution in [-0.4, -0.2) is 60.8 Å². The molecular weight excluding hydrogens is 334 g/mol. The molecule has 1 saturated heterocycles. The normalized spacial score (nSPS) is 15.1. The van der Waals surface area contributed by atoms with Crippen molar-refractivity contribution in [2.45, 2.75) is 26.4 Å². The second-order valence-electron chi connectivity index (χ2n) is 6.98. The van der Waals surface area contributed by atoms with Gasteiger partial charge in [-0.2, -0.15) is 0 Å². The van der Waals surface area contributed by atoms with Crippen LogP contribution < -0.4 is 10.1 Å². The first-order valence-electron chi connectivity index (χ1n) is 8.63. The van der Waals surface area contributed by atoms with Gasteiger partial charge in [-0.05, 0) is 32.9 Å². The van der Waals surface area contributed by atoms with Crippen molar-refractivity contribution in [2.75, 3.05) is 33.3 Å². The molecular formula is C19H27N3O4. The quantitative estimate of drug-likeness (QED) is 0.899. The fraction of sp³-hybridized carbons (Fsp3) is 0.474. The minimum absolute atomic E-state index is 0.194. The Morgan fingerprint density at radius 2 is 1.69 bits per heavy atom. The number of para-hydroxylation sites is 1. The summed E-state index contributed by atoms with van der Waals surface area (Å²) >= 11 is 0. The zero-order chi connectivity index (χ0) is 19.2. The molecule has 1 N–H and O–H groups in total. The molecule has 7 nitrogen and oxygen atoms in total. The Hall–Kier alpha value is -2.70. The van der Waals surface area contributed by atoms with E-state index in [0.717, 1.165) is 11.3 Å². The zero-order valence-corrected chi connectivity index (χ0v) is 15.8. The van der Waals surface area contributed by atoms with Gasteiger partial charge in [-0.3, -0.25) is 0 Å². The lowest BCUT2D eigenvalue weighted by Gasteiger charge is -2.35. The fourth-order valence-electron chi connectivity index (χ4n) is 2.52. The van der Waals surface area contributed by atoms with E-state index in [0.29, 0.717) is 26.2 Å². The van der Waals surface area contributed by atoms with Crippen molar-refractivity contribution >= 4 is 18.2 Å². The lowest BCUT2D eigenvalue weighted by atomic mass is 10.2. The first-order chi connectivity index (χ1) is 12.3. The number of amides is 3. The zero-order valence-electron chi connectivity index (χ0n) is 15.8. The summed E-state index contributed by atoms with van der Waals surface area (Å²) in [4.78, 5) is 27.6. The van der Waals surface area contributed by atoms with E-state index in [4.69, 9.17) is 9.47 Å². The maximum absolute atomic E-state index is 12.2. The summed E-state index contributed by atoms with van der Waals surface area (Å²) in [5.74, 6) is 0.740. The molecule has 7 heteroatoms. The average molecular weight is 361 g/mol. The van der Waals surface area contributed by atoms with Gasteiger partial charge in [-0.1, -0.05) is 18.2 Å². The third-order valence-corrected chi connectivity index (χ3v) is 3.83. The SMILES string of the molecule is COc1ccccc1/C=C/NC(=O)N1CCN(C(=O)OC(C)(C)C)CC1. The lowest BCUT2D eigenvalue weighted by Crippen LogP contribution is -2.53. The number of hydrogen-bond acceptors (Lipinski definition) is 4. The maximum Gasteiger partial charge on any atom is 0.410 e. The Labute approximate surface area is 154 Å². The molecule has 0 atom stereocenters. The molecule has 3 amide bonds. The van der Waals surface area contributed by atoms with E-state index in [-0.39, 0.29) is 12.1 Å². The van der Waals surface area contributed by atoms with Gasteiger partial charge in [-0.25, -0.2) is 9.59 Å². The molecule has 0 spiro atoms.